The summed E-state index contributed by atoms with van der Waals surface area (Å²) in [6.07, 6.45) is -8.22. The summed E-state index contributed by atoms with van der Waals surface area (Å²) in [6, 6.07) is 0. The van der Waals surface area contributed by atoms with Crippen LogP contribution in [0, 0.1) is 0 Å². The predicted molar refractivity (Wildman–Crippen MR) is 78.0 cm³/mol. The third kappa shape index (κ3) is 5.38. The van der Waals surface area contributed by atoms with Gasteiger partial charge in [-0.15, -0.1) is 0 Å². The van der Waals surface area contributed by atoms with E-state index in [4.69, 9.17) is 4.55 Å². The van der Waals surface area contributed by atoms with E-state index in [1.807, 2.05) is 0 Å². The molecule has 0 saturated heterocycles. The molecule has 43 heavy (non-hydrogen) atoms. The molecule has 0 aromatic rings. The van der Waals surface area contributed by atoms with Crippen molar-refractivity contribution in [1.82, 2.24) is 0 Å². The summed E-state index contributed by atoms with van der Waals surface area (Å²) in [5.41, 5.74) is 0. The maximum Gasteiger partial charge on any atom is 0.460 e. The van der Waals surface area contributed by atoms with E-state index in [9.17, 15) is 118 Å². The first-order valence-electron chi connectivity index (χ1n) is 8.80. The zero-order chi connectivity index (χ0) is 35.9. The van der Waals surface area contributed by atoms with Crippen LogP contribution in [0.25, 0.3) is 0 Å². The Morgan fingerprint density at radius 3 is 0.744 bits per heavy atom. The van der Waals surface area contributed by atoms with Gasteiger partial charge in [0.25, 0.3) is 0 Å². The molecule has 4 nitrogen and oxygen atoms in total. The Balaban J connectivity index is 7.29. The average molecular weight is 730 g/mol. The molecule has 0 rings (SSSR count). The number of alkyl halides is 25. The lowest BCUT2D eigenvalue weighted by Crippen LogP contribution is -2.78. The molecule has 0 atom stereocenters. The summed E-state index contributed by atoms with van der Waals surface area (Å²) in [6.45, 7) is -4.03. The molecule has 0 aliphatic carbocycles. The van der Waals surface area contributed by atoms with Crippen molar-refractivity contribution in [3.63, 3.8) is 0 Å². The molecule has 0 aliphatic rings. The van der Waals surface area contributed by atoms with Crippen LogP contribution in [0.3, 0.4) is 0 Å². The van der Waals surface area contributed by atoms with Gasteiger partial charge in [0.15, 0.2) is 0 Å². The predicted octanol–water partition coefficient (Wildman–Crippen LogP) is 7.36. The lowest BCUT2D eigenvalue weighted by Gasteiger charge is -2.45. The summed E-state index contributed by atoms with van der Waals surface area (Å²) in [4.78, 5) is 0. The summed E-state index contributed by atoms with van der Waals surface area (Å²) in [7, 11) is -6.48. The van der Waals surface area contributed by atoms with Crippen LogP contribution < -0.4 is 0 Å². The maximum atomic E-state index is 13.6. The highest BCUT2D eigenvalue weighted by Gasteiger charge is 2.99. The van der Waals surface area contributed by atoms with E-state index in [-0.39, 0.29) is 0 Å². The normalized spacial score (nSPS) is 17.0. The van der Waals surface area contributed by atoms with E-state index in [0.29, 0.717) is 0 Å². The van der Waals surface area contributed by atoms with Gasteiger partial charge in [-0.2, -0.15) is 118 Å². The van der Waals surface area contributed by atoms with Crippen molar-refractivity contribution >= 4 is 10.4 Å². The fraction of sp³-hybridized carbons (Fsp3) is 1.00. The molecule has 0 heterocycles. The molecule has 260 valence electrons. The fourth-order valence-corrected chi connectivity index (χ4v) is 2.52. The maximum absolute atomic E-state index is 13.6. The minimum Gasteiger partial charge on any atom is -0.264 e. The Bertz CT molecular complexity index is 1130. The van der Waals surface area contributed by atoms with Crippen LogP contribution >= 0.6 is 0 Å². The molecule has 0 aromatic heterocycles. The minimum atomic E-state index is -9.71. The molecule has 0 radical (unpaired) electrons. The third-order valence-corrected chi connectivity index (χ3v) is 5.17. The van der Waals surface area contributed by atoms with Crippen molar-refractivity contribution in [2.24, 2.45) is 0 Å². The molecule has 0 aromatic carbocycles. The first kappa shape index (κ1) is 41.1. The van der Waals surface area contributed by atoms with Gasteiger partial charge in [0.2, 0.25) is 0 Å². The van der Waals surface area contributed by atoms with Gasteiger partial charge in [0.1, 0.15) is 6.61 Å². The zero-order valence-electron chi connectivity index (χ0n) is 18.2. The van der Waals surface area contributed by atoms with Crippen molar-refractivity contribution in [3.8, 4) is 0 Å². The van der Waals surface area contributed by atoms with Crippen LogP contribution in [0.15, 0.2) is 0 Å². The van der Waals surface area contributed by atoms with Crippen LogP contribution in [0.2, 0.25) is 0 Å². The molecule has 0 saturated carbocycles. The van der Waals surface area contributed by atoms with Crippen LogP contribution in [0.4, 0.5) is 110 Å². The van der Waals surface area contributed by atoms with Crippen LogP contribution in [-0.4, -0.2) is 90.9 Å². The lowest BCUT2D eigenvalue weighted by atomic mass is 9.84. The Hall–Kier alpha value is -1.88. The fourth-order valence-electron chi connectivity index (χ4n) is 2.22. The van der Waals surface area contributed by atoms with Crippen molar-refractivity contribution in [3.05, 3.63) is 0 Å². The molecule has 0 amide bonds. The molecular weight excluding hydrogens is 727 g/mol. The number of hydrogen-bond donors (Lipinski definition) is 1. The number of hydrogen-bond acceptors (Lipinski definition) is 3. The van der Waals surface area contributed by atoms with Gasteiger partial charge in [-0.3, -0.25) is 4.55 Å². The lowest BCUT2D eigenvalue weighted by molar-refractivity contribution is -0.482. The van der Waals surface area contributed by atoms with Gasteiger partial charge in [0, 0.05) is 0 Å². The molecule has 0 spiro atoms. The van der Waals surface area contributed by atoms with Gasteiger partial charge in [-0.05, 0) is 0 Å². The smallest absolute Gasteiger partial charge is 0.264 e. The van der Waals surface area contributed by atoms with Crippen molar-refractivity contribution in [2.45, 2.75) is 71.3 Å². The van der Waals surface area contributed by atoms with Gasteiger partial charge < -0.3 is 0 Å². The highest BCUT2D eigenvalue weighted by atomic mass is 32.3. The highest BCUT2D eigenvalue weighted by molar-refractivity contribution is 7.80. The Morgan fingerprint density at radius 2 is 0.558 bits per heavy atom. The molecule has 0 unspecified atom stereocenters. The molecule has 0 fully saturated rings. The van der Waals surface area contributed by atoms with Gasteiger partial charge in [-0.25, -0.2) is 4.18 Å². The van der Waals surface area contributed by atoms with E-state index in [0.717, 1.165) is 0 Å². The molecule has 0 aliphatic heterocycles. The SMILES string of the molecule is O=S(=O)(O)OCC(F)(F)C(F)(F)C(F)(F)C(F)(F)C(F)(F)C(F)(F)C(F)(F)C(F)(F)C(F)(F)C(F)(F)C(F)(F)C(F)(F)F. The third-order valence-electron chi connectivity index (χ3n) is 4.75. The van der Waals surface area contributed by atoms with Crippen molar-refractivity contribution < 1.29 is 127 Å². The quantitative estimate of drug-likeness (QED) is 0.159. The van der Waals surface area contributed by atoms with E-state index < -0.39 is 88.3 Å². The second-order valence-electron chi connectivity index (χ2n) is 7.64. The Morgan fingerprint density at radius 1 is 0.372 bits per heavy atom. The van der Waals surface area contributed by atoms with Crippen molar-refractivity contribution in [2.75, 3.05) is 6.61 Å². The van der Waals surface area contributed by atoms with Crippen molar-refractivity contribution in [1.29, 1.82) is 0 Å². The van der Waals surface area contributed by atoms with E-state index in [2.05, 4.69) is 4.18 Å². The van der Waals surface area contributed by atoms with E-state index >= 15 is 0 Å². The second kappa shape index (κ2) is 10.1. The van der Waals surface area contributed by atoms with Gasteiger partial charge in [0.05, 0.1) is 0 Å². The van der Waals surface area contributed by atoms with E-state index in [1.165, 1.54) is 0 Å². The first-order valence-corrected chi connectivity index (χ1v) is 10.2. The number of rotatable bonds is 13. The largest absolute Gasteiger partial charge is 0.460 e. The van der Waals surface area contributed by atoms with Crippen LogP contribution in [0.5, 0.6) is 0 Å². The monoisotopic (exact) mass is 730 g/mol. The average Bonchev–Trinajstić information content (AvgIpc) is 2.75. The summed E-state index contributed by atoms with van der Waals surface area (Å²) < 4.78 is 360. The molecule has 0 bridgehead atoms. The van der Waals surface area contributed by atoms with Gasteiger partial charge in [-0.1, -0.05) is 0 Å². The Labute approximate surface area is 216 Å². The topological polar surface area (TPSA) is 63.6 Å². The second-order valence-corrected chi connectivity index (χ2v) is 8.73. The highest BCUT2D eigenvalue weighted by Crippen LogP contribution is 2.67. The standard InChI is InChI=1S/C13H3F25O4S/c14-2(15,1-42-43(39,40)41)3(16,17)4(18,19)5(20,21)6(22,23)7(24,25)8(26,27)9(28,29)10(30,31)11(32,33)12(34,35)13(36,37)38/h1H2,(H,39,40,41). The molecule has 1 N–H and O–H groups in total. The van der Waals surface area contributed by atoms with E-state index in [1.54, 1.807) is 0 Å². The zero-order valence-corrected chi connectivity index (χ0v) is 19.1. The Kier molecular flexibility index (Phi) is 9.62. The van der Waals surface area contributed by atoms with Crippen LogP contribution in [-0.2, 0) is 14.6 Å². The van der Waals surface area contributed by atoms with Gasteiger partial charge >= 0.3 is 81.7 Å². The summed E-state index contributed by atoms with van der Waals surface area (Å²) in [5, 5.41) is 0. The molecular formula is C13H3F25O4S. The summed E-state index contributed by atoms with van der Waals surface area (Å²) in [5.74, 6) is -100. The summed E-state index contributed by atoms with van der Waals surface area (Å²) >= 11 is 0. The minimum absolute atomic E-state index is 2.33. The first-order chi connectivity index (χ1) is 18.0. The van der Waals surface area contributed by atoms with Crippen LogP contribution in [0.1, 0.15) is 0 Å². The number of halogens is 25. The molecule has 30 heteroatoms.